The summed E-state index contributed by atoms with van der Waals surface area (Å²) >= 11 is 0. The van der Waals surface area contributed by atoms with Crippen LogP contribution in [0.2, 0.25) is 0 Å². The first kappa shape index (κ1) is 46.1. The number of hydrogen-bond donors (Lipinski definition) is 11. The zero-order chi connectivity index (χ0) is 44.1. The van der Waals surface area contributed by atoms with Crippen molar-refractivity contribution in [1.29, 1.82) is 0 Å². The molecule has 0 unspecified atom stereocenters. The summed E-state index contributed by atoms with van der Waals surface area (Å²) in [6, 6.07) is 8.09. The van der Waals surface area contributed by atoms with Crippen LogP contribution in [0.5, 0.6) is 0 Å². The van der Waals surface area contributed by atoms with Crippen molar-refractivity contribution >= 4 is 17.7 Å². The number of aliphatic hydroxyl groups excluding tert-OH is 10. The maximum absolute atomic E-state index is 14.0. The van der Waals surface area contributed by atoms with E-state index in [1.807, 2.05) is 0 Å². The maximum atomic E-state index is 14.0. The molecule has 6 fully saturated rings. The predicted octanol–water partition coefficient (Wildman–Crippen LogP) is -5.93. The van der Waals surface area contributed by atoms with Crippen LogP contribution < -0.4 is 0 Å². The SMILES string of the molecule is C[C@@H]1CO[C@@]2(C[C@@H]1OC(=O)c1ccccc1)O[C@@H]1C[C@@H](C(=O)O[C@@H]3O[C@H](CO)[C@@H](O)[C@H](O)[C@H]3O[C@@H]3O[C@H](CO)[C@@H](O)[C@H](O)[C@H]3O[C@@H]3OC[C@H](O)[C@H](O)[C@H]3O)C[C@H](O)[C@]1(O)C2=O. The van der Waals surface area contributed by atoms with Crippen molar-refractivity contribution in [3.8, 4) is 0 Å². The van der Waals surface area contributed by atoms with Gasteiger partial charge in [-0.15, -0.1) is 0 Å². The Balaban J connectivity index is 1.08. The normalized spacial score (nSPS) is 47.7. The van der Waals surface area contributed by atoms with Gasteiger partial charge in [0.05, 0.1) is 44.0 Å². The molecule has 61 heavy (non-hydrogen) atoms. The topological polar surface area (TPSA) is 357 Å². The van der Waals surface area contributed by atoms with Crippen molar-refractivity contribution in [2.24, 2.45) is 11.8 Å². The minimum absolute atomic E-state index is 0.144. The number of carbonyl (C=O) groups is 3. The van der Waals surface area contributed by atoms with Crippen LogP contribution in [0.1, 0.15) is 36.5 Å². The van der Waals surface area contributed by atoms with E-state index in [1.54, 1.807) is 37.3 Å². The molecule has 5 heterocycles. The first-order valence-corrected chi connectivity index (χ1v) is 19.9. The van der Waals surface area contributed by atoms with E-state index >= 15 is 0 Å². The maximum Gasteiger partial charge on any atom is 0.338 e. The number of aliphatic hydroxyl groups is 11. The van der Waals surface area contributed by atoms with E-state index in [-0.39, 0.29) is 18.6 Å². The summed E-state index contributed by atoms with van der Waals surface area (Å²) in [7, 11) is 0. The number of fused-ring (bicyclic) bond motifs is 1. The molecule has 5 saturated heterocycles. The Morgan fingerprint density at radius 1 is 0.754 bits per heavy atom. The second kappa shape index (κ2) is 18.3. The fourth-order valence-corrected chi connectivity index (χ4v) is 8.52. The number of hydrogen-bond acceptors (Lipinski definition) is 23. The number of carbonyl (C=O) groups excluding carboxylic acids is 3. The van der Waals surface area contributed by atoms with Crippen molar-refractivity contribution < 1.29 is 113 Å². The Morgan fingerprint density at radius 3 is 2.00 bits per heavy atom. The van der Waals surface area contributed by atoms with Crippen molar-refractivity contribution in [3.05, 3.63) is 35.9 Å². The third-order valence-corrected chi connectivity index (χ3v) is 12.3. The number of rotatable bonds is 10. The van der Waals surface area contributed by atoms with Gasteiger partial charge in [0.1, 0.15) is 73.2 Å². The Morgan fingerprint density at radius 2 is 1.36 bits per heavy atom. The van der Waals surface area contributed by atoms with Gasteiger partial charge in [0, 0.05) is 12.3 Å². The molecule has 342 valence electrons. The van der Waals surface area contributed by atoms with Gasteiger partial charge in [0.2, 0.25) is 17.9 Å². The summed E-state index contributed by atoms with van der Waals surface area (Å²) in [4.78, 5) is 40.8. The number of Topliss-reactive ketones (excluding diaryl/α,β-unsaturated/α-hetero) is 1. The fraction of sp³-hybridized carbons (Fsp3) is 0.763. The fourth-order valence-electron chi connectivity index (χ4n) is 8.52. The summed E-state index contributed by atoms with van der Waals surface area (Å²) < 4.78 is 51.2. The monoisotopic (exact) mass is 876 g/mol. The summed E-state index contributed by atoms with van der Waals surface area (Å²) in [5.74, 6) is -6.84. The van der Waals surface area contributed by atoms with Crippen molar-refractivity contribution in [1.82, 2.24) is 0 Å². The van der Waals surface area contributed by atoms with Crippen LogP contribution in [0.25, 0.3) is 0 Å². The van der Waals surface area contributed by atoms with Gasteiger partial charge in [-0.25, -0.2) is 4.79 Å². The molecule has 23 nitrogen and oxygen atoms in total. The molecule has 1 aromatic rings. The molecule has 1 aromatic carbocycles. The zero-order valence-electron chi connectivity index (χ0n) is 32.6. The van der Waals surface area contributed by atoms with Crippen molar-refractivity contribution in [2.75, 3.05) is 26.4 Å². The Bertz CT molecular complexity index is 1700. The summed E-state index contributed by atoms with van der Waals surface area (Å²) in [6.07, 6.45) is -31.6. The predicted molar refractivity (Wildman–Crippen MR) is 191 cm³/mol. The largest absolute Gasteiger partial charge is 0.458 e. The van der Waals surface area contributed by atoms with Gasteiger partial charge in [0.25, 0.3) is 0 Å². The highest BCUT2D eigenvalue weighted by atomic mass is 16.8. The molecule has 6 aliphatic rings. The molecule has 23 heteroatoms. The Hall–Kier alpha value is -2.89. The van der Waals surface area contributed by atoms with Crippen LogP contribution in [-0.2, 0) is 52.2 Å². The molecule has 1 aliphatic carbocycles. The quantitative estimate of drug-likeness (QED) is 0.0975. The van der Waals surface area contributed by atoms with Gasteiger partial charge in [0.15, 0.2) is 24.3 Å². The van der Waals surface area contributed by atoms with Gasteiger partial charge in [-0.2, -0.15) is 0 Å². The summed E-state index contributed by atoms with van der Waals surface area (Å²) in [5, 5.41) is 117. The average Bonchev–Trinajstić information content (AvgIpc) is 3.46. The van der Waals surface area contributed by atoms with Gasteiger partial charge < -0.3 is 98.8 Å². The minimum atomic E-state index is -2.58. The number of benzene rings is 1. The van der Waals surface area contributed by atoms with Crippen LogP contribution in [-0.4, -0.2) is 216 Å². The zero-order valence-corrected chi connectivity index (χ0v) is 32.6. The lowest BCUT2D eigenvalue weighted by Gasteiger charge is -2.48. The second-order valence-corrected chi connectivity index (χ2v) is 16.3. The highest BCUT2D eigenvalue weighted by Crippen LogP contribution is 2.50. The van der Waals surface area contributed by atoms with E-state index < -0.39 is 178 Å². The molecule has 7 rings (SSSR count). The smallest absolute Gasteiger partial charge is 0.338 e. The highest BCUT2D eigenvalue weighted by molar-refractivity contribution is 5.97. The molecule has 1 saturated carbocycles. The molecule has 0 radical (unpaired) electrons. The van der Waals surface area contributed by atoms with Crippen LogP contribution in [0.3, 0.4) is 0 Å². The van der Waals surface area contributed by atoms with E-state index in [0.29, 0.717) is 0 Å². The molecular weight excluding hydrogens is 824 g/mol. The molecule has 0 amide bonds. The molecule has 21 atom stereocenters. The Kier molecular flexibility index (Phi) is 13.8. The van der Waals surface area contributed by atoms with Crippen LogP contribution >= 0.6 is 0 Å². The summed E-state index contributed by atoms with van der Waals surface area (Å²) in [5.41, 5.74) is -2.33. The third kappa shape index (κ3) is 8.59. The van der Waals surface area contributed by atoms with E-state index in [2.05, 4.69) is 0 Å². The minimum Gasteiger partial charge on any atom is -0.458 e. The third-order valence-electron chi connectivity index (χ3n) is 12.3. The van der Waals surface area contributed by atoms with E-state index in [4.69, 9.17) is 42.6 Å². The molecular formula is C38H52O23. The lowest BCUT2D eigenvalue weighted by Crippen LogP contribution is -2.66. The van der Waals surface area contributed by atoms with Gasteiger partial charge in [-0.3, -0.25) is 9.59 Å². The van der Waals surface area contributed by atoms with Crippen LogP contribution in [0, 0.1) is 11.8 Å². The summed E-state index contributed by atoms with van der Waals surface area (Å²) in [6.45, 7) is -0.775. The number of esters is 2. The van der Waals surface area contributed by atoms with Crippen molar-refractivity contribution in [2.45, 2.75) is 142 Å². The Labute approximate surface area is 346 Å². The molecule has 0 aromatic heterocycles. The lowest BCUT2D eigenvalue weighted by atomic mass is 9.72. The van der Waals surface area contributed by atoms with E-state index in [9.17, 15) is 70.6 Å². The first-order valence-electron chi connectivity index (χ1n) is 19.9. The number of ether oxygens (including phenoxy) is 9. The highest BCUT2D eigenvalue weighted by Gasteiger charge is 2.71. The second-order valence-electron chi connectivity index (χ2n) is 16.3. The molecule has 5 aliphatic heterocycles. The van der Waals surface area contributed by atoms with Gasteiger partial charge in [-0.05, 0) is 25.0 Å². The van der Waals surface area contributed by atoms with Gasteiger partial charge >= 0.3 is 11.9 Å². The molecule has 11 N–H and O–H groups in total. The standard InChI is InChI=1S/C38H52O23/c1-14-12-54-37(9-18(14)55-31(49)15-5-3-2-4-6-15)36(51)38(52)21(42)7-16(8-22(38)61-37)32(50)60-35-30(27(47)25(45)20(11-40)57-35)59-34-29(26(46)24(44)19(10-39)56-34)58-33-28(48)23(43)17(41)13-53-33/h2-6,14,16-30,33-35,39-48,52H,7-13H2,1H3/t14-,16+,17+,18+,19-,20-,21+,22-,23+,24-,25-,26+,27+,28-,29-,30-,33+,34+,35+,37+,38-/m1/s1. The van der Waals surface area contributed by atoms with Crippen LogP contribution in [0.15, 0.2) is 30.3 Å². The number of ketones is 1. The molecule has 0 bridgehead atoms. The van der Waals surface area contributed by atoms with Crippen molar-refractivity contribution in [3.63, 3.8) is 0 Å². The first-order chi connectivity index (χ1) is 28.9. The van der Waals surface area contributed by atoms with E-state index in [1.165, 1.54) is 0 Å². The van der Waals surface area contributed by atoms with Crippen LogP contribution in [0.4, 0.5) is 0 Å². The molecule has 1 spiro atoms. The van der Waals surface area contributed by atoms with Gasteiger partial charge in [-0.1, -0.05) is 25.1 Å². The lowest BCUT2D eigenvalue weighted by molar-refractivity contribution is -0.386. The van der Waals surface area contributed by atoms with E-state index in [0.717, 1.165) is 0 Å². The average molecular weight is 877 g/mol.